The average Bonchev–Trinajstić information content (AvgIpc) is 2.67. The van der Waals surface area contributed by atoms with Crippen LogP contribution in [0.3, 0.4) is 0 Å². The van der Waals surface area contributed by atoms with Crippen LogP contribution in [0.5, 0.6) is 0 Å². The maximum absolute atomic E-state index is 12.2. The van der Waals surface area contributed by atoms with E-state index in [4.69, 9.17) is 11.6 Å². The Bertz CT molecular complexity index is 1100. The van der Waals surface area contributed by atoms with E-state index in [9.17, 15) is 4.79 Å². The number of fused-ring (bicyclic) bond motifs is 2. The Labute approximate surface area is 155 Å². The van der Waals surface area contributed by atoms with Crippen molar-refractivity contribution in [1.29, 1.82) is 0 Å². The van der Waals surface area contributed by atoms with Gasteiger partial charge in [0.05, 0.1) is 6.21 Å². The van der Waals surface area contributed by atoms with Crippen molar-refractivity contribution in [2.24, 2.45) is 5.10 Å². The van der Waals surface area contributed by atoms with Crippen molar-refractivity contribution in [2.75, 3.05) is 0 Å². The van der Waals surface area contributed by atoms with Crippen LogP contribution in [0.15, 0.2) is 84.0 Å². The number of hydrogen-bond donors (Lipinski definition) is 1. The average molecular weight is 359 g/mol. The summed E-state index contributed by atoms with van der Waals surface area (Å²) in [4.78, 5) is 12.2. The summed E-state index contributed by atoms with van der Waals surface area (Å²) in [5.74, 6) is -0.298. The van der Waals surface area contributed by atoms with Crippen LogP contribution in [0.4, 0.5) is 0 Å². The van der Waals surface area contributed by atoms with E-state index in [0.29, 0.717) is 10.6 Å². The third-order valence-corrected chi connectivity index (χ3v) is 4.49. The third kappa shape index (κ3) is 3.17. The van der Waals surface area contributed by atoms with Gasteiger partial charge in [0.25, 0.3) is 5.91 Å². The van der Waals surface area contributed by atoms with E-state index in [1.54, 1.807) is 30.5 Å². The first kappa shape index (κ1) is 16.3. The van der Waals surface area contributed by atoms with Gasteiger partial charge in [0.1, 0.15) is 0 Å². The van der Waals surface area contributed by atoms with E-state index in [1.807, 2.05) is 24.3 Å². The second-order valence-corrected chi connectivity index (χ2v) is 6.38. The van der Waals surface area contributed by atoms with Crippen LogP contribution in [0.2, 0.25) is 5.02 Å². The number of rotatable bonds is 3. The van der Waals surface area contributed by atoms with Crippen molar-refractivity contribution >= 4 is 45.3 Å². The van der Waals surface area contributed by atoms with Crippen LogP contribution < -0.4 is 5.43 Å². The van der Waals surface area contributed by atoms with Gasteiger partial charge < -0.3 is 0 Å². The smallest absolute Gasteiger partial charge is 0.267 e. The molecular formula is C22H15ClN2O. The summed E-state index contributed by atoms with van der Waals surface area (Å²) in [6.45, 7) is 0. The molecule has 4 rings (SSSR count). The summed E-state index contributed by atoms with van der Waals surface area (Å²) >= 11 is 5.93. The van der Waals surface area contributed by atoms with E-state index in [-0.39, 0.29) is 5.91 Å². The Hall–Kier alpha value is -3.17. The fourth-order valence-electron chi connectivity index (χ4n) is 3.04. The Morgan fingerprint density at radius 2 is 1.50 bits per heavy atom. The highest BCUT2D eigenvalue weighted by atomic mass is 35.5. The SMILES string of the molecule is O=C(N/N=C\c1c2ccccc2cc2ccccc12)c1cccc(Cl)c1. The van der Waals surface area contributed by atoms with Gasteiger partial charge in [-0.05, 0) is 45.8 Å². The fraction of sp³-hybridized carbons (Fsp3) is 0. The summed E-state index contributed by atoms with van der Waals surface area (Å²) in [7, 11) is 0. The van der Waals surface area contributed by atoms with E-state index in [0.717, 1.165) is 27.1 Å². The molecule has 126 valence electrons. The van der Waals surface area contributed by atoms with E-state index in [1.165, 1.54) is 0 Å². The molecule has 0 bridgehead atoms. The molecule has 26 heavy (non-hydrogen) atoms. The zero-order chi connectivity index (χ0) is 17.9. The molecular weight excluding hydrogens is 344 g/mol. The Morgan fingerprint density at radius 3 is 2.15 bits per heavy atom. The van der Waals surface area contributed by atoms with E-state index < -0.39 is 0 Å². The van der Waals surface area contributed by atoms with Crippen LogP contribution in [0, 0.1) is 0 Å². The molecule has 0 saturated heterocycles. The number of amides is 1. The Morgan fingerprint density at radius 1 is 0.846 bits per heavy atom. The molecule has 0 saturated carbocycles. The van der Waals surface area contributed by atoms with Gasteiger partial charge in [-0.1, -0.05) is 66.2 Å². The molecule has 0 aliphatic carbocycles. The maximum Gasteiger partial charge on any atom is 0.271 e. The molecule has 0 unspecified atom stereocenters. The predicted octanol–water partition coefficient (Wildman–Crippen LogP) is 5.41. The van der Waals surface area contributed by atoms with Gasteiger partial charge >= 0.3 is 0 Å². The molecule has 3 nitrogen and oxygen atoms in total. The summed E-state index contributed by atoms with van der Waals surface area (Å²) in [6.07, 6.45) is 1.70. The second kappa shape index (κ2) is 6.98. The molecule has 4 aromatic carbocycles. The highest BCUT2D eigenvalue weighted by Crippen LogP contribution is 2.27. The van der Waals surface area contributed by atoms with Crippen molar-refractivity contribution in [3.63, 3.8) is 0 Å². The minimum atomic E-state index is -0.298. The van der Waals surface area contributed by atoms with Crippen LogP contribution in [-0.4, -0.2) is 12.1 Å². The van der Waals surface area contributed by atoms with Crippen LogP contribution in [0.1, 0.15) is 15.9 Å². The third-order valence-electron chi connectivity index (χ3n) is 4.26. The van der Waals surface area contributed by atoms with Crippen LogP contribution in [-0.2, 0) is 0 Å². The van der Waals surface area contributed by atoms with Crippen molar-refractivity contribution in [3.8, 4) is 0 Å². The minimum absolute atomic E-state index is 0.298. The normalized spacial score (nSPS) is 11.3. The first-order valence-corrected chi connectivity index (χ1v) is 8.59. The highest BCUT2D eigenvalue weighted by molar-refractivity contribution is 6.31. The van der Waals surface area contributed by atoms with Gasteiger partial charge in [0.15, 0.2) is 0 Å². The first-order valence-electron chi connectivity index (χ1n) is 8.22. The van der Waals surface area contributed by atoms with Crippen molar-refractivity contribution in [3.05, 3.63) is 95.0 Å². The molecule has 0 radical (unpaired) electrons. The number of carbonyl (C=O) groups excluding carboxylic acids is 1. The summed E-state index contributed by atoms with van der Waals surface area (Å²) in [6, 6.07) is 25.2. The Balaban J connectivity index is 1.71. The summed E-state index contributed by atoms with van der Waals surface area (Å²) in [5.41, 5.74) is 4.02. The molecule has 0 fully saturated rings. The van der Waals surface area contributed by atoms with Crippen LogP contribution in [0.25, 0.3) is 21.5 Å². The lowest BCUT2D eigenvalue weighted by molar-refractivity contribution is 0.0955. The zero-order valence-electron chi connectivity index (χ0n) is 13.8. The molecule has 0 spiro atoms. The number of nitrogens with zero attached hydrogens (tertiary/aromatic N) is 1. The van der Waals surface area contributed by atoms with Crippen molar-refractivity contribution in [1.82, 2.24) is 5.43 Å². The number of hydrazone groups is 1. The van der Waals surface area contributed by atoms with Gasteiger partial charge in [-0.15, -0.1) is 0 Å². The largest absolute Gasteiger partial charge is 0.271 e. The van der Waals surface area contributed by atoms with Gasteiger partial charge in [-0.2, -0.15) is 5.10 Å². The summed E-state index contributed by atoms with van der Waals surface area (Å²) < 4.78 is 0. The predicted molar refractivity (Wildman–Crippen MR) is 108 cm³/mol. The molecule has 1 amide bonds. The number of benzene rings is 4. The minimum Gasteiger partial charge on any atom is -0.267 e. The topological polar surface area (TPSA) is 41.5 Å². The number of carbonyl (C=O) groups is 1. The van der Waals surface area contributed by atoms with Crippen molar-refractivity contribution in [2.45, 2.75) is 0 Å². The molecule has 0 aliphatic rings. The van der Waals surface area contributed by atoms with Gasteiger partial charge in [-0.25, -0.2) is 5.43 Å². The van der Waals surface area contributed by atoms with Gasteiger partial charge in [-0.3, -0.25) is 4.79 Å². The maximum atomic E-state index is 12.2. The molecule has 0 aromatic heterocycles. The van der Waals surface area contributed by atoms with E-state index >= 15 is 0 Å². The monoisotopic (exact) mass is 358 g/mol. The Kier molecular flexibility index (Phi) is 4.38. The second-order valence-electron chi connectivity index (χ2n) is 5.94. The molecule has 0 atom stereocenters. The lowest BCUT2D eigenvalue weighted by atomic mass is 9.97. The number of nitrogens with one attached hydrogen (secondary N) is 1. The van der Waals surface area contributed by atoms with Gasteiger partial charge in [0.2, 0.25) is 0 Å². The number of hydrogen-bond acceptors (Lipinski definition) is 2. The zero-order valence-corrected chi connectivity index (χ0v) is 14.6. The van der Waals surface area contributed by atoms with E-state index in [2.05, 4.69) is 40.9 Å². The molecule has 4 heteroatoms. The lowest BCUT2D eigenvalue weighted by Gasteiger charge is -2.08. The molecule has 0 aliphatic heterocycles. The highest BCUT2D eigenvalue weighted by Gasteiger charge is 2.07. The van der Waals surface area contributed by atoms with Crippen LogP contribution >= 0.6 is 11.6 Å². The molecule has 0 heterocycles. The lowest BCUT2D eigenvalue weighted by Crippen LogP contribution is -2.17. The first-order chi connectivity index (χ1) is 12.7. The van der Waals surface area contributed by atoms with Crippen molar-refractivity contribution < 1.29 is 4.79 Å². The molecule has 1 N–H and O–H groups in total. The summed E-state index contributed by atoms with van der Waals surface area (Å²) in [5, 5.41) is 9.14. The fourth-order valence-corrected chi connectivity index (χ4v) is 3.23. The quantitative estimate of drug-likeness (QED) is 0.297. The molecule has 4 aromatic rings. The number of halogens is 1. The van der Waals surface area contributed by atoms with Gasteiger partial charge in [0, 0.05) is 16.1 Å². The standard InChI is InChI=1S/C22H15ClN2O/c23-18-9-5-8-17(13-18)22(26)25-24-14-21-19-10-3-1-6-15(19)12-16-7-2-4-11-20(16)21/h1-14H,(H,25,26)/b24-14-.